The molecule has 2 amide bonds. The minimum Gasteiger partial charge on any atom is -0.356 e. The molecule has 4 heterocycles. The van der Waals surface area contributed by atoms with Crippen LogP contribution in [0.3, 0.4) is 0 Å². The summed E-state index contributed by atoms with van der Waals surface area (Å²) in [6, 6.07) is 1.75. The van der Waals surface area contributed by atoms with Gasteiger partial charge in [0.2, 0.25) is 5.91 Å². The molecule has 3 aromatic rings. The minimum atomic E-state index is -0.603. The quantitative estimate of drug-likeness (QED) is 0.426. The summed E-state index contributed by atoms with van der Waals surface area (Å²) >= 11 is 1.60. The monoisotopic (exact) mass is 542 g/mol. The third-order valence-electron chi connectivity index (χ3n) is 8.82. The van der Waals surface area contributed by atoms with E-state index in [1.165, 1.54) is 6.33 Å². The molecule has 200 valence electrons. The van der Waals surface area contributed by atoms with Crippen LogP contribution in [0.15, 0.2) is 17.2 Å². The summed E-state index contributed by atoms with van der Waals surface area (Å²) in [5.41, 5.74) is 1.94. The Balaban J connectivity index is 1.15. The molecular weight excluding hydrogens is 512 g/mol. The number of thiophene rings is 1. The molecule has 0 bridgehead atoms. The molecule has 2 fully saturated rings. The summed E-state index contributed by atoms with van der Waals surface area (Å²) in [6.07, 6.45) is 7.28. The smallest absolute Gasteiger partial charge is 0.276 e. The number of hydrogen-bond acceptors (Lipinski definition) is 7. The van der Waals surface area contributed by atoms with E-state index in [0.717, 1.165) is 64.7 Å². The zero-order chi connectivity index (χ0) is 26.9. The highest BCUT2D eigenvalue weighted by Gasteiger charge is 2.48. The van der Waals surface area contributed by atoms with E-state index in [9.17, 15) is 14.4 Å². The van der Waals surface area contributed by atoms with Crippen LogP contribution in [0.5, 0.6) is 0 Å². The van der Waals surface area contributed by atoms with Crippen molar-refractivity contribution in [2.45, 2.75) is 64.5 Å². The average molecular weight is 543 g/mol. The molecule has 3 atom stereocenters. The Morgan fingerprint density at radius 2 is 2.15 bits per heavy atom. The number of amides is 2. The van der Waals surface area contributed by atoms with E-state index in [1.54, 1.807) is 22.0 Å². The number of pyridine rings is 1. The lowest BCUT2D eigenvalue weighted by molar-refractivity contribution is -0.125. The first-order valence-corrected chi connectivity index (χ1v) is 14.5. The zero-order valence-electron chi connectivity index (χ0n) is 22.0. The fraction of sp³-hybridized carbons (Fsp3) is 0.483. The molecule has 0 radical (unpaired) electrons. The van der Waals surface area contributed by atoms with E-state index in [2.05, 4.69) is 37.8 Å². The van der Waals surface area contributed by atoms with Gasteiger partial charge in [0.25, 0.3) is 11.5 Å². The van der Waals surface area contributed by atoms with E-state index in [0.29, 0.717) is 42.0 Å². The van der Waals surface area contributed by atoms with Crippen molar-refractivity contribution in [3.63, 3.8) is 0 Å². The number of anilines is 2. The molecule has 0 aromatic carbocycles. The second-order valence-corrected chi connectivity index (χ2v) is 12.4. The van der Waals surface area contributed by atoms with Crippen LogP contribution in [0.4, 0.5) is 11.5 Å². The van der Waals surface area contributed by atoms with Crippen LogP contribution in [0.2, 0.25) is 0 Å². The number of rotatable bonds is 5. The number of aryl methyl sites for hydroxylation is 2. The number of nitrogens with one attached hydrogen (secondary N) is 3. The molecule has 10 heteroatoms. The van der Waals surface area contributed by atoms with Gasteiger partial charge >= 0.3 is 0 Å². The zero-order valence-corrected chi connectivity index (χ0v) is 22.8. The first kappa shape index (κ1) is 24.3. The molecule has 39 heavy (non-hydrogen) atoms. The van der Waals surface area contributed by atoms with Crippen molar-refractivity contribution in [2.24, 2.45) is 17.8 Å². The Bertz CT molecular complexity index is 1670. The Morgan fingerprint density at radius 1 is 1.31 bits per heavy atom. The third-order valence-corrected chi connectivity index (χ3v) is 9.98. The summed E-state index contributed by atoms with van der Waals surface area (Å²) in [6.45, 7) is 4.42. The molecule has 3 aliphatic carbocycles. The molecule has 7 rings (SSSR count). The molecule has 1 aliphatic heterocycles. The van der Waals surface area contributed by atoms with Gasteiger partial charge in [0.1, 0.15) is 34.0 Å². The summed E-state index contributed by atoms with van der Waals surface area (Å²) in [5, 5.41) is 10.4. The largest absolute Gasteiger partial charge is 0.356 e. The van der Waals surface area contributed by atoms with E-state index < -0.39 is 5.66 Å². The van der Waals surface area contributed by atoms with Crippen LogP contribution < -0.4 is 21.5 Å². The van der Waals surface area contributed by atoms with Gasteiger partial charge in [-0.2, -0.15) is 0 Å². The van der Waals surface area contributed by atoms with Crippen LogP contribution in [-0.2, 0) is 23.3 Å². The van der Waals surface area contributed by atoms with Gasteiger partial charge in [0.15, 0.2) is 0 Å². The van der Waals surface area contributed by atoms with Crippen LogP contribution in [-0.4, -0.2) is 32.9 Å². The molecule has 4 aliphatic rings. The highest BCUT2D eigenvalue weighted by atomic mass is 32.1. The summed E-state index contributed by atoms with van der Waals surface area (Å²) < 4.78 is 1.65. The Morgan fingerprint density at radius 3 is 2.92 bits per heavy atom. The van der Waals surface area contributed by atoms with E-state index >= 15 is 0 Å². The van der Waals surface area contributed by atoms with Gasteiger partial charge in [0, 0.05) is 23.3 Å². The Labute approximate surface area is 229 Å². The average Bonchev–Trinajstić information content (AvgIpc) is 3.39. The lowest BCUT2D eigenvalue weighted by Gasteiger charge is -2.39. The molecule has 1 spiro atoms. The van der Waals surface area contributed by atoms with Crippen molar-refractivity contribution in [1.82, 2.24) is 25.2 Å². The number of carbonyl (C=O) groups is 2. The molecule has 2 unspecified atom stereocenters. The number of fused-ring (bicyclic) bond motifs is 5. The fourth-order valence-electron chi connectivity index (χ4n) is 6.48. The highest BCUT2D eigenvalue weighted by molar-refractivity contribution is 7.19. The summed E-state index contributed by atoms with van der Waals surface area (Å²) in [5.74, 6) is 7.54. The normalized spacial score (nSPS) is 23.7. The second kappa shape index (κ2) is 8.91. The van der Waals surface area contributed by atoms with Gasteiger partial charge in [-0.3, -0.25) is 19.0 Å². The topological polar surface area (TPSA) is 118 Å². The third kappa shape index (κ3) is 3.86. The van der Waals surface area contributed by atoms with E-state index in [-0.39, 0.29) is 23.3 Å². The maximum absolute atomic E-state index is 13.6. The van der Waals surface area contributed by atoms with Crippen molar-refractivity contribution in [2.75, 3.05) is 11.9 Å². The predicted molar refractivity (Wildman–Crippen MR) is 149 cm³/mol. The SMILES string of the molecule is CC#CC1CC1CNC(=O)[C@H]1CCc2c(sc3ncnc(Nc4cc(C)c5n(c4=O)C4(CCC4)NC5=O)c23)C1. The Kier molecular flexibility index (Phi) is 5.56. The van der Waals surface area contributed by atoms with Crippen molar-refractivity contribution in [3.05, 3.63) is 44.4 Å². The Hall–Kier alpha value is -3.71. The van der Waals surface area contributed by atoms with Crippen LogP contribution in [0, 0.1) is 36.5 Å². The van der Waals surface area contributed by atoms with E-state index in [4.69, 9.17) is 0 Å². The van der Waals surface area contributed by atoms with Crippen LogP contribution in [0.1, 0.15) is 65.5 Å². The molecule has 0 saturated heterocycles. The first-order chi connectivity index (χ1) is 18.9. The standard InChI is InChI=1S/C29H30N6O3S/c1-3-5-16-11-18(16)13-30-25(36)17-6-7-19-21(12-17)39-27-22(19)24(31-14-32-27)33-20-10-15(2)23-26(37)34-29(8-4-9-29)35(23)28(20)38/h10,14,16-18H,4,6-9,11-13H2,1-2H3,(H,30,36)(H,34,37)(H,31,32,33)/t16?,17-,18?/m0/s1. The van der Waals surface area contributed by atoms with Gasteiger partial charge in [-0.15, -0.1) is 17.3 Å². The van der Waals surface area contributed by atoms with Crippen LogP contribution in [0.25, 0.3) is 10.2 Å². The number of carbonyl (C=O) groups excluding carboxylic acids is 2. The maximum atomic E-state index is 13.6. The van der Waals surface area contributed by atoms with Gasteiger partial charge < -0.3 is 16.0 Å². The van der Waals surface area contributed by atoms with E-state index in [1.807, 2.05) is 13.8 Å². The van der Waals surface area contributed by atoms with Crippen molar-refractivity contribution < 1.29 is 9.59 Å². The van der Waals surface area contributed by atoms with Crippen molar-refractivity contribution in [3.8, 4) is 11.8 Å². The fourth-order valence-corrected chi connectivity index (χ4v) is 7.74. The van der Waals surface area contributed by atoms with Gasteiger partial charge in [-0.1, -0.05) is 5.92 Å². The molecule has 3 aromatic heterocycles. The second-order valence-electron chi connectivity index (χ2n) is 11.3. The molecular formula is C29H30N6O3S. The molecule has 3 N–H and O–H groups in total. The predicted octanol–water partition coefficient (Wildman–Crippen LogP) is 3.37. The van der Waals surface area contributed by atoms with Crippen LogP contribution >= 0.6 is 11.3 Å². The number of nitrogens with zero attached hydrogens (tertiary/aromatic N) is 3. The van der Waals surface area contributed by atoms with Gasteiger partial charge in [0.05, 0.1) is 5.39 Å². The minimum absolute atomic E-state index is 0.0582. The number of hydrogen-bond donors (Lipinski definition) is 3. The maximum Gasteiger partial charge on any atom is 0.276 e. The molecule has 2 saturated carbocycles. The molecule has 9 nitrogen and oxygen atoms in total. The summed E-state index contributed by atoms with van der Waals surface area (Å²) in [7, 11) is 0. The van der Waals surface area contributed by atoms with Crippen molar-refractivity contribution >= 4 is 44.9 Å². The lowest BCUT2D eigenvalue weighted by atomic mass is 9.85. The van der Waals surface area contributed by atoms with Gasteiger partial charge in [-0.05, 0) is 81.9 Å². The number of aromatic nitrogens is 3. The highest BCUT2D eigenvalue weighted by Crippen LogP contribution is 2.43. The van der Waals surface area contributed by atoms with Crippen molar-refractivity contribution in [1.29, 1.82) is 0 Å². The summed E-state index contributed by atoms with van der Waals surface area (Å²) in [4.78, 5) is 50.3. The van der Waals surface area contributed by atoms with Gasteiger partial charge in [-0.25, -0.2) is 9.97 Å². The first-order valence-electron chi connectivity index (χ1n) is 13.7. The lowest BCUT2D eigenvalue weighted by Crippen LogP contribution is -2.52.